The average molecular weight is 454 g/mol. The van der Waals surface area contributed by atoms with Crippen molar-refractivity contribution in [2.24, 2.45) is 5.92 Å². The van der Waals surface area contributed by atoms with Gasteiger partial charge in [-0.1, -0.05) is 32.1 Å². The zero-order valence-electron chi connectivity index (χ0n) is 19.0. The number of ether oxygens (including phenoxy) is 1. The molecule has 174 valence electrons. The van der Waals surface area contributed by atoms with Gasteiger partial charge in [0.05, 0.1) is 13.2 Å². The zero-order chi connectivity index (χ0) is 23.2. The maximum atomic E-state index is 13.4. The molecule has 0 bridgehead atoms. The van der Waals surface area contributed by atoms with Gasteiger partial charge in [0.1, 0.15) is 16.7 Å². The van der Waals surface area contributed by atoms with Crippen molar-refractivity contribution in [3.05, 3.63) is 29.8 Å². The number of nitrogens with one attached hydrogen (secondary N) is 1. The van der Waals surface area contributed by atoms with Gasteiger partial charge in [0.2, 0.25) is 10.0 Å². The second-order valence-electron chi connectivity index (χ2n) is 8.06. The summed E-state index contributed by atoms with van der Waals surface area (Å²) in [6.07, 6.45) is 4.14. The molecule has 2 rings (SSSR count). The van der Waals surface area contributed by atoms with E-state index in [0.717, 1.165) is 12.0 Å². The Kier molecular flexibility index (Phi) is 8.90. The van der Waals surface area contributed by atoms with Crippen LogP contribution >= 0.6 is 0 Å². The first-order valence-electron chi connectivity index (χ1n) is 10.7. The molecule has 0 aromatic heterocycles. The van der Waals surface area contributed by atoms with Gasteiger partial charge in [0, 0.05) is 32.1 Å². The summed E-state index contributed by atoms with van der Waals surface area (Å²) < 4.78 is 34.3. The molecule has 3 atom stereocenters. The highest BCUT2D eigenvalue weighted by Gasteiger charge is 2.38. The predicted molar refractivity (Wildman–Crippen MR) is 121 cm³/mol. The van der Waals surface area contributed by atoms with Crippen LogP contribution in [-0.2, 0) is 10.0 Å². The first-order chi connectivity index (χ1) is 14.6. The second kappa shape index (κ2) is 11.0. The Bertz CT molecular complexity index is 887. The van der Waals surface area contributed by atoms with Crippen LogP contribution in [0.3, 0.4) is 0 Å². The Morgan fingerprint density at radius 3 is 2.77 bits per heavy atom. The Labute approximate surface area is 185 Å². The molecular weight excluding hydrogens is 418 g/mol. The molecule has 1 aromatic rings. The van der Waals surface area contributed by atoms with Crippen molar-refractivity contribution in [2.45, 2.75) is 51.2 Å². The second-order valence-corrected chi connectivity index (χ2v) is 9.92. The highest BCUT2D eigenvalue weighted by molar-refractivity contribution is 7.89. The number of carbonyl (C=O) groups is 1. The number of fused-ring (bicyclic) bond motifs is 1. The van der Waals surface area contributed by atoms with Gasteiger partial charge in [-0.2, -0.15) is 4.31 Å². The molecule has 0 fully saturated rings. The number of rotatable bonds is 7. The Morgan fingerprint density at radius 2 is 2.16 bits per heavy atom. The maximum Gasteiger partial charge on any atom is 0.317 e. The largest absolute Gasteiger partial charge is 0.487 e. The summed E-state index contributed by atoms with van der Waals surface area (Å²) in [6, 6.07) is 4.19. The number of aliphatic hydroxyl groups is 1. The molecule has 0 unspecified atom stereocenters. The van der Waals surface area contributed by atoms with Gasteiger partial charge in [-0.05, 0) is 38.0 Å². The highest BCUT2D eigenvalue weighted by atomic mass is 32.2. The Balaban J connectivity index is 2.47. The molecule has 1 aliphatic rings. The number of amides is 2. The van der Waals surface area contributed by atoms with Gasteiger partial charge in [-0.15, -0.1) is 0 Å². The van der Waals surface area contributed by atoms with E-state index in [2.05, 4.69) is 5.32 Å². The topological polar surface area (TPSA) is 99.2 Å². The van der Waals surface area contributed by atoms with E-state index < -0.39 is 22.2 Å². The van der Waals surface area contributed by atoms with Crippen molar-refractivity contribution < 1.29 is 23.1 Å². The van der Waals surface area contributed by atoms with Crippen LogP contribution in [0.1, 0.15) is 39.7 Å². The van der Waals surface area contributed by atoms with Crippen LogP contribution in [0, 0.1) is 5.92 Å². The SMILES string of the molecule is CC=Cc1ccc2c(c1)O[C@@H](CN(C)C(=O)NCCC)[C@@H](C)CN([C@H](C)CO)S2(=O)=O. The van der Waals surface area contributed by atoms with E-state index in [1.165, 1.54) is 4.31 Å². The predicted octanol–water partition coefficient (Wildman–Crippen LogP) is 2.54. The van der Waals surface area contributed by atoms with E-state index in [4.69, 9.17) is 4.74 Å². The lowest BCUT2D eigenvalue weighted by atomic mass is 10.0. The van der Waals surface area contributed by atoms with Crippen LogP contribution in [0.2, 0.25) is 0 Å². The normalized spacial score (nSPS) is 22.1. The van der Waals surface area contributed by atoms with E-state index in [9.17, 15) is 18.3 Å². The molecule has 9 heteroatoms. The minimum Gasteiger partial charge on any atom is -0.487 e. The summed E-state index contributed by atoms with van der Waals surface area (Å²) in [4.78, 5) is 14.0. The Morgan fingerprint density at radius 1 is 1.45 bits per heavy atom. The molecular formula is C22H35N3O5S. The van der Waals surface area contributed by atoms with Crippen LogP contribution in [0.25, 0.3) is 6.08 Å². The molecule has 0 aliphatic carbocycles. The van der Waals surface area contributed by atoms with Crippen LogP contribution in [0.15, 0.2) is 29.2 Å². The molecule has 1 aromatic carbocycles. The van der Waals surface area contributed by atoms with E-state index in [-0.39, 0.29) is 35.7 Å². The third-order valence-corrected chi connectivity index (χ3v) is 7.40. The first-order valence-corrected chi connectivity index (χ1v) is 12.1. The van der Waals surface area contributed by atoms with Crippen molar-refractivity contribution in [3.8, 4) is 5.75 Å². The number of hydrogen-bond donors (Lipinski definition) is 2. The van der Waals surface area contributed by atoms with Crippen molar-refractivity contribution in [1.29, 1.82) is 0 Å². The summed E-state index contributed by atoms with van der Waals surface area (Å²) >= 11 is 0. The number of likely N-dealkylation sites (N-methyl/N-ethyl adjacent to an activating group) is 1. The van der Waals surface area contributed by atoms with Crippen molar-refractivity contribution >= 4 is 22.1 Å². The van der Waals surface area contributed by atoms with Crippen molar-refractivity contribution in [2.75, 3.05) is 33.3 Å². The maximum absolute atomic E-state index is 13.4. The fourth-order valence-corrected chi connectivity index (χ4v) is 5.30. The summed E-state index contributed by atoms with van der Waals surface area (Å²) in [6.45, 7) is 8.21. The summed E-state index contributed by atoms with van der Waals surface area (Å²) in [5.41, 5.74) is 0.819. The lowest BCUT2D eigenvalue weighted by Gasteiger charge is -2.37. The average Bonchev–Trinajstić information content (AvgIpc) is 2.73. The molecule has 1 aliphatic heterocycles. The zero-order valence-corrected chi connectivity index (χ0v) is 19.9. The summed E-state index contributed by atoms with van der Waals surface area (Å²) in [7, 11) is -2.17. The number of carbonyl (C=O) groups excluding carboxylic acids is 1. The van der Waals surface area contributed by atoms with Crippen LogP contribution in [0.4, 0.5) is 4.79 Å². The molecule has 0 saturated heterocycles. The standard InChI is InChI=1S/C22H35N3O5S/c1-6-8-18-9-10-21-19(12-18)30-20(14-24(5)22(27)23-11-7-2)16(3)13-25(17(4)15-26)31(21,28)29/h6,8-10,12,16-17,20,26H,7,11,13-15H2,1-5H3,(H,23,27)/t16-,17+,20-/m0/s1. The van der Waals surface area contributed by atoms with E-state index in [1.807, 2.05) is 32.9 Å². The van der Waals surface area contributed by atoms with E-state index in [1.54, 1.807) is 37.1 Å². The molecule has 31 heavy (non-hydrogen) atoms. The first kappa shape index (κ1) is 25.2. The van der Waals surface area contributed by atoms with Crippen molar-refractivity contribution in [1.82, 2.24) is 14.5 Å². The third kappa shape index (κ3) is 5.99. The molecule has 1 heterocycles. The molecule has 0 radical (unpaired) electrons. The molecule has 0 spiro atoms. The van der Waals surface area contributed by atoms with Gasteiger partial charge in [0.25, 0.3) is 0 Å². The highest BCUT2D eigenvalue weighted by Crippen LogP contribution is 2.34. The fourth-order valence-electron chi connectivity index (χ4n) is 3.48. The van der Waals surface area contributed by atoms with Gasteiger partial charge in [0.15, 0.2) is 0 Å². The number of aliphatic hydroxyl groups excluding tert-OH is 1. The molecule has 8 nitrogen and oxygen atoms in total. The van der Waals surface area contributed by atoms with Crippen LogP contribution in [-0.4, -0.2) is 74.2 Å². The number of nitrogens with zero attached hydrogens (tertiary/aromatic N) is 2. The van der Waals surface area contributed by atoms with E-state index in [0.29, 0.717) is 13.1 Å². The number of hydrogen-bond acceptors (Lipinski definition) is 5. The minimum absolute atomic E-state index is 0.0658. The van der Waals surface area contributed by atoms with Crippen LogP contribution < -0.4 is 10.1 Å². The third-order valence-electron chi connectivity index (χ3n) is 5.38. The minimum atomic E-state index is -3.87. The smallest absolute Gasteiger partial charge is 0.317 e. The quantitative estimate of drug-likeness (QED) is 0.661. The molecule has 2 N–H and O–H groups in total. The molecule has 2 amide bonds. The van der Waals surface area contributed by atoms with Crippen molar-refractivity contribution in [3.63, 3.8) is 0 Å². The molecule has 0 saturated carbocycles. The number of urea groups is 1. The van der Waals surface area contributed by atoms with Gasteiger partial charge >= 0.3 is 6.03 Å². The van der Waals surface area contributed by atoms with E-state index >= 15 is 0 Å². The lowest BCUT2D eigenvalue weighted by Crippen LogP contribution is -2.51. The number of sulfonamides is 1. The number of allylic oxidation sites excluding steroid dienone is 1. The Hall–Kier alpha value is -2.10. The fraction of sp³-hybridized carbons (Fsp3) is 0.591. The van der Waals surface area contributed by atoms with Gasteiger partial charge in [-0.3, -0.25) is 0 Å². The van der Waals surface area contributed by atoms with Gasteiger partial charge in [-0.25, -0.2) is 13.2 Å². The monoisotopic (exact) mass is 453 g/mol. The van der Waals surface area contributed by atoms with Gasteiger partial charge < -0.3 is 20.1 Å². The van der Waals surface area contributed by atoms with Crippen LogP contribution in [0.5, 0.6) is 5.75 Å². The summed E-state index contributed by atoms with van der Waals surface area (Å²) in [5.74, 6) is 0.0355. The lowest BCUT2D eigenvalue weighted by molar-refractivity contribution is 0.0812. The summed E-state index contributed by atoms with van der Waals surface area (Å²) in [5, 5.41) is 12.5. The number of benzene rings is 1.